The Hall–Kier alpha value is -0.910. The van der Waals surface area contributed by atoms with Crippen molar-refractivity contribution in [3.63, 3.8) is 0 Å². The molecule has 1 aliphatic rings. The van der Waals surface area contributed by atoms with Crippen molar-refractivity contribution < 1.29 is 9.90 Å². The van der Waals surface area contributed by atoms with Gasteiger partial charge in [0.15, 0.2) is 10.3 Å². The number of amides is 1. The Morgan fingerprint density at radius 2 is 2.25 bits per heavy atom. The number of rotatable bonds is 1. The summed E-state index contributed by atoms with van der Waals surface area (Å²) in [5, 5.41) is 16.6. The van der Waals surface area contributed by atoms with Gasteiger partial charge in [-0.3, -0.25) is 4.79 Å². The van der Waals surface area contributed by atoms with Crippen LogP contribution >= 0.6 is 23.2 Å². The first-order valence-electron chi connectivity index (χ1n) is 4.74. The lowest BCUT2D eigenvalue weighted by Gasteiger charge is -2.15. The van der Waals surface area contributed by atoms with E-state index < -0.39 is 6.10 Å². The van der Waals surface area contributed by atoms with Gasteiger partial charge < -0.3 is 10.0 Å². The molecule has 0 bridgehead atoms. The Bertz CT molecular complexity index is 427. The minimum Gasteiger partial charge on any atom is -0.391 e. The average Bonchev–Trinajstić information content (AvgIpc) is 2.67. The molecule has 1 N–H and O–H groups in total. The lowest BCUT2D eigenvalue weighted by atomic mass is 10.3. The molecule has 5 nitrogen and oxygen atoms in total. The first-order chi connectivity index (χ1) is 7.58. The molecule has 1 amide bonds. The molecule has 1 aromatic heterocycles. The second-order valence-electron chi connectivity index (χ2n) is 3.57. The molecule has 0 saturated carbocycles. The second kappa shape index (κ2) is 4.53. The van der Waals surface area contributed by atoms with Crippen LogP contribution < -0.4 is 0 Å². The normalized spacial score (nSPS) is 20.2. The van der Waals surface area contributed by atoms with E-state index in [0.29, 0.717) is 19.5 Å². The topological polar surface area (TPSA) is 66.3 Å². The maximum atomic E-state index is 12.0. The smallest absolute Gasteiger partial charge is 0.257 e. The van der Waals surface area contributed by atoms with Crippen LogP contribution in [0.25, 0.3) is 0 Å². The zero-order chi connectivity index (χ0) is 11.7. The highest BCUT2D eigenvalue weighted by atomic mass is 35.5. The summed E-state index contributed by atoms with van der Waals surface area (Å²) in [7, 11) is 0. The van der Waals surface area contributed by atoms with Gasteiger partial charge in [-0.05, 0) is 12.5 Å². The summed E-state index contributed by atoms with van der Waals surface area (Å²) < 4.78 is 0. The zero-order valence-electron chi connectivity index (χ0n) is 8.23. The molecule has 1 aliphatic heterocycles. The van der Waals surface area contributed by atoms with Crippen LogP contribution in [0.15, 0.2) is 6.07 Å². The quantitative estimate of drug-likeness (QED) is 0.819. The number of carbonyl (C=O) groups is 1. The van der Waals surface area contributed by atoms with Crippen molar-refractivity contribution >= 4 is 29.1 Å². The van der Waals surface area contributed by atoms with Crippen LogP contribution in [0.5, 0.6) is 0 Å². The van der Waals surface area contributed by atoms with Gasteiger partial charge in [0.25, 0.3) is 5.91 Å². The summed E-state index contributed by atoms with van der Waals surface area (Å²) in [4.78, 5) is 13.5. The van der Waals surface area contributed by atoms with Gasteiger partial charge in [0.1, 0.15) is 0 Å². The second-order valence-corrected chi connectivity index (χ2v) is 4.31. The van der Waals surface area contributed by atoms with E-state index in [1.54, 1.807) is 0 Å². The standard InChI is InChI=1S/C9H9Cl2N3O2/c10-7-3-6(8(11)13-12-7)9(16)14-2-1-5(15)4-14/h3,5,15H,1-2,4H2/t5-/m0/s1. The number of hydrogen-bond acceptors (Lipinski definition) is 4. The molecular formula is C9H9Cl2N3O2. The molecular weight excluding hydrogens is 253 g/mol. The summed E-state index contributed by atoms with van der Waals surface area (Å²) >= 11 is 11.4. The van der Waals surface area contributed by atoms with E-state index in [1.807, 2.05) is 0 Å². The maximum Gasteiger partial charge on any atom is 0.257 e. The van der Waals surface area contributed by atoms with Crippen molar-refractivity contribution in [3.05, 3.63) is 21.9 Å². The van der Waals surface area contributed by atoms with Gasteiger partial charge in [-0.15, -0.1) is 10.2 Å². The van der Waals surface area contributed by atoms with Gasteiger partial charge in [-0.2, -0.15) is 0 Å². The number of aliphatic hydroxyl groups is 1. The van der Waals surface area contributed by atoms with Crippen molar-refractivity contribution in [1.29, 1.82) is 0 Å². The van der Waals surface area contributed by atoms with Crippen molar-refractivity contribution in [2.24, 2.45) is 0 Å². The molecule has 0 spiro atoms. The molecule has 1 atom stereocenters. The van der Waals surface area contributed by atoms with Crippen molar-refractivity contribution in [2.75, 3.05) is 13.1 Å². The number of nitrogens with zero attached hydrogens (tertiary/aromatic N) is 3. The fourth-order valence-corrected chi connectivity index (χ4v) is 1.92. The van der Waals surface area contributed by atoms with Crippen LogP contribution in [0, 0.1) is 0 Å². The van der Waals surface area contributed by atoms with E-state index in [1.165, 1.54) is 11.0 Å². The SMILES string of the molecule is O=C(c1cc(Cl)nnc1Cl)N1CC[C@H](O)C1. The number of aliphatic hydroxyl groups excluding tert-OH is 1. The molecule has 0 aromatic carbocycles. The molecule has 86 valence electrons. The summed E-state index contributed by atoms with van der Waals surface area (Å²) in [6.07, 6.45) is 0.114. The number of likely N-dealkylation sites (tertiary alicyclic amines) is 1. The number of carbonyl (C=O) groups excluding carboxylic acids is 1. The Balaban J connectivity index is 2.23. The molecule has 1 fully saturated rings. The van der Waals surface area contributed by atoms with Gasteiger partial charge in [-0.25, -0.2) is 0 Å². The van der Waals surface area contributed by atoms with Crippen LogP contribution in [0.1, 0.15) is 16.8 Å². The molecule has 16 heavy (non-hydrogen) atoms. The fraction of sp³-hybridized carbons (Fsp3) is 0.444. The molecule has 0 aliphatic carbocycles. The highest BCUT2D eigenvalue weighted by molar-refractivity contribution is 6.34. The number of β-amino-alcohol motifs (C(OH)–C–C–N with tert-alkyl or cyclic N) is 1. The van der Waals surface area contributed by atoms with E-state index >= 15 is 0 Å². The van der Waals surface area contributed by atoms with Gasteiger partial charge in [0.2, 0.25) is 0 Å². The third kappa shape index (κ3) is 2.26. The number of halogens is 2. The summed E-state index contributed by atoms with van der Waals surface area (Å²) in [5.41, 5.74) is 0.218. The van der Waals surface area contributed by atoms with E-state index in [4.69, 9.17) is 23.2 Å². The zero-order valence-corrected chi connectivity index (χ0v) is 9.74. The highest BCUT2D eigenvalue weighted by Gasteiger charge is 2.27. The molecule has 7 heteroatoms. The van der Waals surface area contributed by atoms with E-state index in [9.17, 15) is 9.90 Å². The van der Waals surface area contributed by atoms with Gasteiger partial charge in [-0.1, -0.05) is 23.2 Å². The van der Waals surface area contributed by atoms with Crippen molar-refractivity contribution in [1.82, 2.24) is 15.1 Å². The lowest BCUT2D eigenvalue weighted by molar-refractivity contribution is 0.0764. The Morgan fingerprint density at radius 1 is 1.50 bits per heavy atom. The minimum absolute atomic E-state index is 0.0239. The Labute approximate surface area is 102 Å². The van der Waals surface area contributed by atoms with Crippen LogP contribution in [-0.2, 0) is 0 Å². The Kier molecular flexibility index (Phi) is 3.28. The van der Waals surface area contributed by atoms with Crippen molar-refractivity contribution in [2.45, 2.75) is 12.5 Å². The van der Waals surface area contributed by atoms with E-state index in [0.717, 1.165) is 0 Å². The monoisotopic (exact) mass is 261 g/mol. The third-order valence-electron chi connectivity index (χ3n) is 2.40. The van der Waals surface area contributed by atoms with Crippen molar-refractivity contribution in [3.8, 4) is 0 Å². The molecule has 1 aromatic rings. The average molecular weight is 262 g/mol. The van der Waals surface area contributed by atoms with Gasteiger partial charge >= 0.3 is 0 Å². The number of hydrogen-bond donors (Lipinski definition) is 1. The van der Waals surface area contributed by atoms with Gasteiger partial charge in [0.05, 0.1) is 11.7 Å². The maximum absolute atomic E-state index is 12.0. The first kappa shape index (κ1) is 11.6. The summed E-state index contributed by atoms with van der Waals surface area (Å²) in [5.74, 6) is -0.279. The Morgan fingerprint density at radius 3 is 2.88 bits per heavy atom. The fourth-order valence-electron chi connectivity index (χ4n) is 1.60. The largest absolute Gasteiger partial charge is 0.391 e. The minimum atomic E-state index is -0.465. The molecule has 0 unspecified atom stereocenters. The van der Waals surface area contributed by atoms with E-state index in [2.05, 4.69) is 10.2 Å². The summed E-state index contributed by atoms with van der Waals surface area (Å²) in [6.45, 7) is 0.825. The predicted molar refractivity (Wildman–Crippen MR) is 58.6 cm³/mol. The van der Waals surface area contributed by atoms with Crippen LogP contribution in [-0.4, -0.2) is 45.3 Å². The number of aromatic nitrogens is 2. The molecule has 1 saturated heterocycles. The van der Waals surface area contributed by atoms with Crippen LogP contribution in [0.2, 0.25) is 10.3 Å². The van der Waals surface area contributed by atoms with Crippen LogP contribution in [0.4, 0.5) is 0 Å². The molecule has 2 heterocycles. The van der Waals surface area contributed by atoms with E-state index in [-0.39, 0.29) is 21.8 Å². The highest BCUT2D eigenvalue weighted by Crippen LogP contribution is 2.20. The predicted octanol–water partition coefficient (Wildman–Crippen LogP) is 0.990. The summed E-state index contributed by atoms with van der Waals surface area (Å²) in [6, 6.07) is 1.38. The first-order valence-corrected chi connectivity index (χ1v) is 5.49. The molecule has 0 radical (unpaired) electrons. The lowest BCUT2D eigenvalue weighted by Crippen LogP contribution is -2.30. The molecule has 2 rings (SSSR count). The van der Waals surface area contributed by atoms with Crippen LogP contribution in [0.3, 0.4) is 0 Å². The van der Waals surface area contributed by atoms with Gasteiger partial charge in [0, 0.05) is 13.1 Å². The third-order valence-corrected chi connectivity index (χ3v) is 2.86.